The van der Waals surface area contributed by atoms with Crippen LogP contribution in [0.4, 0.5) is 0 Å². The summed E-state index contributed by atoms with van der Waals surface area (Å²) in [4.78, 5) is 25.2. The predicted molar refractivity (Wildman–Crippen MR) is 375 cm³/mol. The fourth-order valence-electron chi connectivity index (χ4n) is 12.7. The van der Waals surface area contributed by atoms with Crippen molar-refractivity contribution in [3.63, 3.8) is 0 Å². The minimum absolute atomic E-state index is 0.0167. The summed E-state index contributed by atoms with van der Waals surface area (Å²) >= 11 is 0. The molecule has 0 saturated carbocycles. The number of ether oxygens (including phenoxy) is 3. The summed E-state index contributed by atoms with van der Waals surface area (Å²) in [6.45, 7) is 4.38. The van der Waals surface area contributed by atoms with Crippen LogP contribution in [0, 0.1) is 0 Å². The topological polar surface area (TPSA) is 175 Å². The fraction of sp³-hybridized carbons (Fsp3) is 0.923. The molecule has 0 aromatic carbocycles. The molecule has 0 spiro atoms. The van der Waals surface area contributed by atoms with Crippen LogP contribution in [0.15, 0.2) is 24.3 Å². The lowest BCUT2D eigenvalue weighted by Gasteiger charge is -2.40. The number of rotatable bonds is 70. The van der Waals surface area contributed by atoms with Crippen LogP contribution < -0.4 is 5.32 Å². The van der Waals surface area contributed by atoms with Crippen LogP contribution in [0.1, 0.15) is 399 Å². The van der Waals surface area contributed by atoms with E-state index in [1.807, 2.05) is 6.08 Å². The van der Waals surface area contributed by atoms with Crippen LogP contribution in [-0.2, 0) is 23.8 Å². The fourth-order valence-corrected chi connectivity index (χ4v) is 12.7. The quantitative estimate of drug-likeness (QED) is 0.0195. The zero-order valence-corrected chi connectivity index (χ0v) is 58.7. The van der Waals surface area contributed by atoms with Gasteiger partial charge in [-0.25, -0.2) is 0 Å². The highest BCUT2D eigenvalue weighted by Gasteiger charge is 2.44. The first-order valence-corrected chi connectivity index (χ1v) is 39.1. The Hall–Kier alpha value is -1.86. The lowest BCUT2D eigenvalue weighted by molar-refractivity contribution is -0.302. The molecule has 6 N–H and O–H groups in total. The number of allylic oxidation sites excluding steroid dienone is 3. The van der Waals surface area contributed by atoms with Crippen molar-refractivity contribution in [2.75, 3.05) is 19.8 Å². The third kappa shape index (κ3) is 56.2. The average molecular weight is 1260 g/mol. The number of hydrogen-bond donors (Lipinski definition) is 6. The summed E-state index contributed by atoms with van der Waals surface area (Å²) in [5.41, 5.74) is 0. The number of hydrogen-bond acceptors (Lipinski definition) is 10. The number of unbranched alkanes of at least 4 members (excludes halogenated alkanes) is 54. The SMILES string of the molecule is CCCCCCCCCC/C=C/C(O)C(COC1OC(CO)C(O)C(O)C1O)NC(=O)CCCCCCCCCCCCCCCCCCC/C=C\CCCCCCCCCCCCCCOC(=O)CCCCCCCCCCCCCCCCCCCC. The molecule has 1 rings (SSSR count). The van der Waals surface area contributed by atoms with E-state index >= 15 is 0 Å². The minimum atomic E-state index is -1.57. The Labute approximate surface area is 550 Å². The van der Waals surface area contributed by atoms with Gasteiger partial charge >= 0.3 is 5.97 Å². The number of esters is 1. The first-order valence-electron chi connectivity index (χ1n) is 39.1. The van der Waals surface area contributed by atoms with Crippen molar-refractivity contribution >= 4 is 11.9 Å². The number of carbonyl (C=O) groups is 2. The van der Waals surface area contributed by atoms with E-state index in [2.05, 4.69) is 31.3 Å². The summed E-state index contributed by atoms with van der Waals surface area (Å²) in [5, 5.41) is 54.4. The molecule has 1 saturated heterocycles. The molecule has 0 aromatic rings. The molecule has 0 radical (unpaired) electrons. The van der Waals surface area contributed by atoms with Crippen LogP contribution in [0.25, 0.3) is 0 Å². The van der Waals surface area contributed by atoms with Gasteiger partial charge in [0.25, 0.3) is 0 Å². The van der Waals surface area contributed by atoms with Gasteiger partial charge in [-0.2, -0.15) is 0 Å². The summed E-state index contributed by atoms with van der Waals surface area (Å²) in [6.07, 6.45) is 76.4. The first kappa shape index (κ1) is 85.2. The Kier molecular flexibility index (Phi) is 64.6. The van der Waals surface area contributed by atoms with E-state index in [9.17, 15) is 35.1 Å². The molecule has 11 nitrogen and oxygen atoms in total. The van der Waals surface area contributed by atoms with Crippen molar-refractivity contribution in [1.82, 2.24) is 5.32 Å². The highest BCUT2D eigenvalue weighted by atomic mass is 16.7. The van der Waals surface area contributed by atoms with Gasteiger partial charge in [-0.15, -0.1) is 0 Å². The minimum Gasteiger partial charge on any atom is -0.466 e. The van der Waals surface area contributed by atoms with E-state index in [0.717, 1.165) is 51.4 Å². The summed E-state index contributed by atoms with van der Waals surface area (Å²) in [7, 11) is 0. The summed E-state index contributed by atoms with van der Waals surface area (Å²) in [6, 6.07) is -0.806. The number of carbonyl (C=O) groups excluding carboxylic acids is 2. The molecule has 11 heteroatoms. The van der Waals surface area contributed by atoms with E-state index < -0.39 is 49.5 Å². The van der Waals surface area contributed by atoms with Gasteiger partial charge in [0.2, 0.25) is 5.91 Å². The molecule has 1 aliphatic heterocycles. The second-order valence-corrected chi connectivity index (χ2v) is 27.4. The third-order valence-electron chi connectivity index (χ3n) is 18.8. The summed E-state index contributed by atoms with van der Waals surface area (Å²) in [5.74, 6) is -0.161. The van der Waals surface area contributed by atoms with Crippen molar-refractivity contribution in [2.45, 2.75) is 442 Å². The van der Waals surface area contributed by atoms with E-state index in [1.165, 1.54) is 321 Å². The van der Waals surface area contributed by atoms with Gasteiger partial charge in [0, 0.05) is 12.8 Å². The van der Waals surface area contributed by atoms with E-state index in [1.54, 1.807) is 6.08 Å². The Morgan fingerprint density at radius 2 is 0.719 bits per heavy atom. The van der Waals surface area contributed by atoms with Crippen LogP contribution in [0.5, 0.6) is 0 Å². The lowest BCUT2D eigenvalue weighted by atomic mass is 9.99. The molecule has 526 valence electrons. The van der Waals surface area contributed by atoms with Crippen LogP contribution in [0.2, 0.25) is 0 Å². The molecule has 0 aliphatic carbocycles. The van der Waals surface area contributed by atoms with Gasteiger partial charge < -0.3 is 45.1 Å². The first-order chi connectivity index (χ1) is 43.7. The largest absolute Gasteiger partial charge is 0.466 e. The van der Waals surface area contributed by atoms with Crippen molar-refractivity contribution in [3.05, 3.63) is 24.3 Å². The third-order valence-corrected chi connectivity index (χ3v) is 18.8. The molecule has 0 aromatic heterocycles. The van der Waals surface area contributed by atoms with Crippen LogP contribution in [-0.4, -0.2) is 100 Å². The molecule has 1 amide bonds. The van der Waals surface area contributed by atoms with Crippen molar-refractivity contribution in [3.8, 4) is 0 Å². The molecule has 7 unspecified atom stereocenters. The molecule has 0 bridgehead atoms. The Morgan fingerprint density at radius 3 is 1.08 bits per heavy atom. The van der Waals surface area contributed by atoms with Crippen molar-refractivity contribution in [2.24, 2.45) is 0 Å². The highest BCUT2D eigenvalue weighted by Crippen LogP contribution is 2.24. The highest BCUT2D eigenvalue weighted by molar-refractivity contribution is 5.76. The predicted octanol–water partition coefficient (Wildman–Crippen LogP) is 20.8. The summed E-state index contributed by atoms with van der Waals surface area (Å²) < 4.78 is 16.8. The molecule has 1 fully saturated rings. The Bertz CT molecular complexity index is 1530. The monoisotopic (exact) mass is 1260 g/mol. The molecule has 7 atom stereocenters. The van der Waals surface area contributed by atoms with Gasteiger partial charge in [-0.05, 0) is 57.8 Å². The van der Waals surface area contributed by atoms with Gasteiger partial charge in [0.05, 0.1) is 32.0 Å². The maximum absolute atomic E-state index is 13.0. The molecule has 89 heavy (non-hydrogen) atoms. The maximum atomic E-state index is 13.0. The Balaban J connectivity index is 1.87. The van der Waals surface area contributed by atoms with E-state index in [0.29, 0.717) is 19.4 Å². The molecule has 1 aliphatic rings. The van der Waals surface area contributed by atoms with E-state index in [-0.39, 0.29) is 18.5 Å². The van der Waals surface area contributed by atoms with Crippen molar-refractivity contribution in [1.29, 1.82) is 0 Å². The van der Waals surface area contributed by atoms with Crippen molar-refractivity contribution < 1.29 is 49.3 Å². The van der Waals surface area contributed by atoms with Gasteiger partial charge in [0.1, 0.15) is 24.4 Å². The number of aliphatic hydroxyl groups excluding tert-OH is 5. The standard InChI is InChI=1S/C78H149NO10/c1-3-5-7-9-11-13-15-16-17-18-37-40-43-46-50-54-58-62-66-74(83)87-67-63-59-55-51-47-44-41-38-35-33-31-29-27-25-23-21-19-20-22-24-26-28-30-32-34-36-39-42-45-49-53-57-61-65-73(82)79-70(69-88-78-77(86)76(85)75(84)72(68-80)89-78)71(81)64-60-56-52-48-14-12-10-8-6-4-2/h23,25,60,64,70-72,75-78,80-81,84-86H,3-22,24,26-59,61-63,65-69H2,1-2H3,(H,79,82)/b25-23-,64-60+. The average Bonchev–Trinajstić information content (AvgIpc) is 1.76. The van der Waals surface area contributed by atoms with Crippen LogP contribution in [0.3, 0.4) is 0 Å². The van der Waals surface area contributed by atoms with Gasteiger partial charge in [-0.1, -0.05) is 353 Å². The zero-order chi connectivity index (χ0) is 64.4. The van der Waals surface area contributed by atoms with Gasteiger partial charge in [-0.3, -0.25) is 9.59 Å². The molecular weight excluding hydrogens is 1110 g/mol. The maximum Gasteiger partial charge on any atom is 0.305 e. The number of nitrogens with one attached hydrogen (secondary N) is 1. The Morgan fingerprint density at radius 1 is 0.404 bits per heavy atom. The second-order valence-electron chi connectivity index (χ2n) is 27.4. The zero-order valence-electron chi connectivity index (χ0n) is 58.7. The van der Waals surface area contributed by atoms with E-state index in [4.69, 9.17) is 14.2 Å². The lowest BCUT2D eigenvalue weighted by Crippen LogP contribution is -2.60. The second kappa shape index (κ2) is 67.6. The van der Waals surface area contributed by atoms with Gasteiger partial charge in [0.15, 0.2) is 6.29 Å². The smallest absolute Gasteiger partial charge is 0.305 e. The van der Waals surface area contributed by atoms with Crippen LogP contribution >= 0.6 is 0 Å². The number of aliphatic hydroxyl groups is 5. The normalized spacial score (nSPS) is 17.8. The molecular formula is C78H149NO10. The number of amides is 1. The molecule has 1 heterocycles.